The first kappa shape index (κ1) is 16.2. The van der Waals surface area contributed by atoms with Crippen molar-refractivity contribution in [2.45, 2.75) is 16.5 Å². The third kappa shape index (κ3) is 4.66. The Balaban J connectivity index is 1.98. The van der Waals surface area contributed by atoms with E-state index in [-0.39, 0.29) is 11.0 Å². The fourth-order valence-electron chi connectivity index (χ4n) is 1.54. The van der Waals surface area contributed by atoms with Gasteiger partial charge in [-0.3, -0.25) is 4.79 Å². The Labute approximate surface area is 140 Å². The number of nitrogens with one attached hydrogen (secondary N) is 1. The molecule has 1 aromatic carbocycles. The van der Waals surface area contributed by atoms with Crippen LogP contribution in [0.4, 0.5) is 5.13 Å². The van der Waals surface area contributed by atoms with E-state index >= 15 is 0 Å². The normalized spacial score (nSPS) is 11.9. The summed E-state index contributed by atoms with van der Waals surface area (Å²) in [5.74, 6) is 0.0864. The summed E-state index contributed by atoms with van der Waals surface area (Å²) in [7, 11) is 0. The molecule has 7 heteroatoms. The fraction of sp³-hybridized carbons (Fsp3) is 0.214. The number of nitrogens with zero attached hydrogens (tertiary/aromatic N) is 2. The Bertz CT molecular complexity index is 627. The number of aromatic nitrogens is 2. The number of rotatable bonds is 7. The fourth-order valence-corrected chi connectivity index (χ4v) is 3.79. The van der Waals surface area contributed by atoms with Crippen molar-refractivity contribution in [1.82, 2.24) is 10.2 Å². The SMILES string of the molecule is C=CCNc1nnc(SC(C)C(=O)c2ccc(Br)cc2)s1. The second-order valence-electron chi connectivity index (χ2n) is 4.17. The van der Waals surface area contributed by atoms with Crippen LogP contribution in [0.25, 0.3) is 0 Å². The number of thioether (sulfide) groups is 1. The van der Waals surface area contributed by atoms with Crippen molar-refractivity contribution in [3.63, 3.8) is 0 Å². The van der Waals surface area contributed by atoms with Gasteiger partial charge in [-0.25, -0.2) is 0 Å². The number of carbonyl (C=O) groups excluding carboxylic acids is 1. The lowest BCUT2D eigenvalue weighted by Crippen LogP contribution is -2.13. The van der Waals surface area contributed by atoms with Gasteiger partial charge >= 0.3 is 0 Å². The summed E-state index contributed by atoms with van der Waals surface area (Å²) in [5.41, 5.74) is 0.702. The molecule has 1 aromatic heterocycles. The summed E-state index contributed by atoms with van der Waals surface area (Å²) >= 11 is 6.22. The van der Waals surface area contributed by atoms with Gasteiger partial charge in [-0.2, -0.15) is 0 Å². The predicted molar refractivity (Wildman–Crippen MR) is 92.4 cm³/mol. The molecular weight excluding hydrogens is 370 g/mol. The first-order valence-electron chi connectivity index (χ1n) is 6.25. The van der Waals surface area contributed by atoms with Crippen LogP contribution in [0.1, 0.15) is 17.3 Å². The van der Waals surface area contributed by atoms with E-state index in [1.165, 1.54) is 23.1 Å². The maximum atomic E-state index is 12.3. The van der Waals surface area contributed by atoms with E-state index in [2.05, 4.69) is 38.0 Å². The molecular formula is C14H14BrN3OS2. The highest BCUT2D eigenvalue weighted by Gasteiger charge is 2.18. The maximum Gasteiger partial charge on any atom is 0.206 e. The van der Waals surface area contributed by atoms with Gasteiger partial charge < -0.3 is 5.32 Å². The van der Waals surface area contributed by atoms with Crippen LogP contribution >= 0.6 is 39.0 Å². The van der Waals surface area contributed by atoms with E-state index in [0.717, 1.165) is 13.9 Å². The number of halogens is 1. The first-order chi connectivity index (χ1) is 10.1. The van der Waals surface area contributed by atoms with Crippen molar-refractivity contribution in [2.24, 2.45) is 0 Å². The molecule has 2 aromatic rings. The molecule has 21 heavy (non-hydrogen) atoms. The van der Waals surface area contributed by atoms with Crippen LogP contribution in [0.3, 0.4) is 0 Å². The standard InChI is InChI=1S/C14H14BrN3OS2/c1-3-8-16-13-17-18-14(21-13)20-9(2)12(19)10-4-6-11(15)7-5-10/h3-7,9H,1,8H2,2H3,(H,16,17). The van der Waals surface area contributed by atoms with Crippen LogP contribution in [0.5, 0.6) is 0 Å². The van der Waals surface area contributed by atoms with Gasteiger partial charge in [0.1, 0.15) is 0 Å². The molecule has 0 bridgehead atoms. The van der Waals surface area contributed by atoms with Crippen molar-refractivity contribution in [3.05, 3.63) is 47.0 Å². The molecule has 0 saturated carbocycles. The minimum Gasteiger partial charge on any atom is -0.357 e. The minimum atomic E-state index is -0.202. The zero-order valence-corrected chi connectivity index (χ0v) is 14.6. The molecule has 4 nitrogen and oxygen atoms in total. The third-order valence-electron chi connectivity index (χ3n) is 2.58. The number of hydrogen-bond acceptors (Lipinski definition) is 6. The van der Waals surface area contributed by atoms with Crippen molar-refractivity contribution < 1.29 is 4.79 Å². The number of carbonyl (C=O) groups is 1. The van der Waals surface area contributed by atoms with E-state index in [9.17, 15) is 4.79 Å². The van der Waals surface area contributed by atoms with Gasteiger partial charge in [-0.1, -0.05) is 57.2 Å². The van der Waals surface area contributed by atoms with E-state index in [1.807, 2.05) is 31.2 Å². The van der Waals surface area contributed by atoms with Crippen LogP contribution in [-0.4, -0.2) is 27.8 Å². The quantitative estimate of drug-likeness (QED) is 0.439. The Kier molecular flexibility index (Phi) is 5.96. The maximum absolute atomic E-state index is 12.3. The Morgan fingerprint density at radius 1 is 1.48 bits per heavy atom. The molecule has 0 amide bonds. The summed E-state index contributed by atoms with van der Waals surface area (Å²) in [6.45, 7) is 6.16. The van der Waals surface area contributed by atoms with E-state index in [0.29, 0.717) is 12.1 Å². The lowest BCUT2D eigenvalue weighted by Gasteiger charge is -2.07. The Morgan fingerprint density at radius 3 is 2.86 bits per heavy atom. The van der Waals surface area contributed by atoms with E-state index in [1.54, 1.807) is 6.08 Å². The zero-order valence-electron chi connectivity index (χ0n) is 11.4. The number of ketones is 1. The van der Waals surface area contributed by atoms with Crippen LogP contribution < -0.4 is 5.32 Å². The molecule has 0 aliphatic heterocycles. The summed E-state index contributed by atoms with van der Waals surface area (Å²) in [6, 6.07) is 7.38. The van der Waals surface area contributed by atoms with Crippen LogP contribution in [0.2, 0.25) is 0 Å². The highest BCUT2D eigenvalue weighted by molar-refractivity contribution is 9.10. The first-order valence-corrected chi connectivity index (χ1v) is 8.73. The van der Waals surface area contributed by atoms with Gasteiger partial charge in [0.25, 0.3) is 0 Å². The molecule has 1 N–H and O–H groups in total. The Hall–Kier alpha value is -1.18. The molecule has 1 unspecified atom stereocenters. The van der Waals surface area contributed by atoms with Gasteiger partial charge in [0.05, 0.1) is 5.25 Å². The number of benzene rings is 1. The topological polar surface area (TPSA) is 54.9 Å². The molecule has 1 heterocycles. The lowest BCUT2D eigenvalue weighted by atomic mass is 10.1. The molecule has 0 radical (unpaired) electrons. The largest absolute Gasteiger partial charge is 0.357 e. The van der Waals surface area contributed by atoms with Gasteiger partial charge in [0.15, 0.2) is 10.1 Å². The molecule has 0 aliphatic rings. The number of Topliss-reactive ketones (excluding diaryl/α,β-unsaturated/α-hetero) is 1. The van der Waals surface area contributed by atoms with Gasteiger partial charge in [0.2, 0.25) is 5.13 Å². The summed E-state index contributed by atoms with van der Waals surface area (Å²) < 4.78 is 1.74. The van der Waals surface area contributed by atoms with Crippen molar-refractivity contribution in [3.8, 4) is 0 Å². The van der Waals surface area contributed by atoms with Crippen molar-refractivity contribution >= 4 is 49.9 Å². The highest BCUT2D eigenvalue weighted by atomic mass is 79.9. The van der Waals surface area contributed by atoms with Crippen molar-refractivity contribution in [2.75, 3.05) is 11.9 Å². The molecule has 0 aliphatic carbocycles. The predicted octanol–water partition coefficient (Wildman–Crippen LogP) is 4.26. The Morgan fingerprint density at radius 2 is 2.19 bits per heavy atom. The average Bonchev–Trinajstić information content (AvgIpc) is 2.92. The zero-order chi connectivity index (χ0) is 15.2. The summed E-state index contributed by atoms with van der Waals surface area (Å²) in [4.78, 5) is 12.3. The number of anilines is 1. The monoisotopic (exact) mass is 383 g/mol. The summed E-state index contributed by atoms with van der Waals surface area (Å²) in [6.07, 6.45) is 1.76. The second-order valence-corrected chi connectivity index (χ2v) is 7.66. The molecule has 0 fully saturated rings. The van der Waals surface area contributed by atoms with E-state index < -0.39 is 0 Å². The third-order valence-corrected chi connectivity index (χ3v) is 5.17. The lowest BCUT2D eigenvalue weighted by molar-refractivity contribution is 0.0994. The molecule has 110 valence electrons. The van der Waals surface area contributed by atoms with Crippen LogP contribution in [-0.2, 0) is 0 Å². The van der Waals surface area contributed by atoms with Crippen LogP contribution in [0, 0.1) is 0 Å². The van der Waals surface area contributed by atoms with Crippen molar-refractivity contribution in [1.29, 1.82) is 0 Å². The minimum absolute atomic E-state index is 0.0864. The van der Waals surface area contributed by atoms with E-state index in [4.69, 9.17) is 0 Å². The van der Waals surface area contributed by atoms with Gasteiger partial charge in [0, 0.05) is 16.6 Å². The van der Waals surface area contributed by atoms with Gasteiger partial charge in [-0.15, -0.1) is 16.8 Å². The molecule has 0 saturated heterocycles. The van der Waals surface area contributed by atoms with Crippen LogP contribution in [0.15, 0.2) is 45.7 Å². The molecule has 0 spiro atoms. The summed E-state index contributed by atoms with van der Waals surface area (Å²) in [5, 5.41) is 11.7. The molecule has 1 atom stereocenters. The highest BCUT2D eigenvalue weighted by Crippen LogP contribution is 2.30. The number of hydrogen-bond donors (Lipinski definition) is 1. The molecule has 2 rings (SSSR count). The second kappa shape index (κ2) is 7.72. The smallest absolute Gasteiger partial charge is 0.206 e. The average molecular weight is 384 g/mol. The van der Waals surface area contributed by atoms with Gasteiger partial charge in [-0.05, 0) is 19.1 Å².